The summed E-state index contributed by atoms with van der Waals surface area (Å²) in [6, 6.07) is 11.7. The summed E-state index contributed by atoms with van der Waals surface area (Å²) in [5.74, 6) is 1.45. The van der Waals surface area contributed by atoms with Crippen molar-refractivity contribution >= 4 is 10.8 Å². The van der Waals surface area contributed by atoms with Crippen LogP contribution in [0.15, 0.2) is 46.2 Å². The second kappa shape index (κ2) is 5.90. The van der Waals surface area contributed by atoms with Gasteiger partial charge >= 0.3 is 0 Å². The van der Waals surface area contributed by atoms with Gasteiger partial charge in [-0.2, -0.15) is 0 Å². The van der Waals surface area contributed by atoms with Crippen molar-refractivity contribution in [2.24, 2.45) is 0 Å². The first kappa shape index (κ1) is 14.1. The van der Waals surface area contributed by atoms with Crippen molar-refractivity contribution in [2.45, 2.75) is 30.1 Å². The molecule has 1 aliphatic heterocycles. The molecule has 1 unspecified atom stereocenters. The van der Waals surface area contributed by atoms with Crippen LogP contribution in [-0.4, -0.2) is 17.4 Å². The molecule has 110 valence electrons. The molecule has 0 aromatic heterocycles. The summed E-state index contributed by atoms with van der Waals surface area (Å²) in [6.07, 6.45) is 0.762. The Bertz CT molecular complexity index is 694. The van der Waals surface area contributed by atoms with E-state index in [1.807, 2.05) is 50.2 Å². The number of fused-ring (bicyclic) bond motifs is 2. The molecule has 0 spiro atoms. The van der Waals surface area contributed by atoms with Gasteiger partial charge in [0, 0.05) is 17.4 Å². The van der Waals surface area contributed by atoms with E-state index in [0.29, 0.717) is 19.0 Å². The van der Waals surface area contributed by atoms with Gasteiger partial charge in [0.05, 0.1) is 28.9 Å². The van der Waals surface area contributed by atoms with Gasteiger partial charge in [0.2, 0.25) is 0 Å². The molecule has 0 fully saturated rings. The van der Waals surface area contributed by atoms with E-state index in [9.17, 15) is 4.21 Å². The third-order valence-electron chi connectivity index (χ3n) is 3.45. The zero-order valence-corrected chi connectivity index (χ0v) is 13.0. The molecule has 0 aliphatic carbocycles. The lowest BCUT2D eigenvalue weighted by Crippen LogP contribution is -2.12. The van der Waals surface area contributed by atoms with Gasteiger partial charge in [-0.1, -0.05) is 18.2 Å². The minimum Gasteiger partial charge on any atom is -0.494 e. The van der Waals surface area contributed by atoms with E-state index >= 15 is 0 Å². The molecule has 1 aliphatic rings. The Morgan fingerprint density at radius 2 is 1.81 bits per heavy atom. The lowest BCUT2D eigenvalue weighted by Gasteiger charge is -2.22. The number of rotatable bonds is 4. The molecular formula is C17H18O3S. The van der Waals surface area contributed by atoms with Gasteiger partial charge in [0.25, 0.3) is 0 Å². The molecule has 2 aromatic carbocycles. The smallest absolute Gasteiger partial charge is 0.139 e. The predicted octanol–water partition coefficient (Wildman–Crippen LogP) is 3.55. The first-order chi connectivity index (χ1) is 10.2. The van der Waals surface area contributed by atoms with E-state index in [2.05, 4.69) is 0 Å². The van der Waals surface area contributed by atoms with Crippen molar-refractivity contribution < 1.29 is 13.7 Å². The van der Waals surface area contributed by atoms with Crippen molar-refractivity contribution in [2.75, 3.05) is 13.2 Å². The Kier molecular flexibility index (Phi) is 3.97. The highest BCUT2D eigenvalue weighted by Crippen LogP contribution is 2.39. The van der Waals surface area contributed by atoms with Gasteiger partial charge in [-0.15, -0.1) is 0 Å². The molecule has 0 radical (unpaired) electrons. The summed E-state index contributed by atoms with van der Waals surface area (Å²) in [5, 5.41) is 0. The molecule has 0 N–H and O–H groups in total. The Morgan fingerprint density at radius 1 is 1.05 bits per heavy atom. The van der Waals surface area contributed by atoms with E-state index in [1.54, 1.807) is 0 Å². The van der Waals surface area contributed by atoms with Gasteiger partial charge in [-0.3, -0.25) is 0 Å². The second-order valence-corrected chi connectivity index (χ2v) is 6.21. The number of ether oxygens (including phenoxy) is 2. The number of hydrogen-bond donors (Lipinski definition) is 0. The monoisotopic (exact) mass is 302 g/mol. The van der Waals surface area contributed by atoms with E-state index in [-0.39, 0.29) is 0 Å². The lowest BCUT2D eigenvalue weighted by atomic mass is 10.0. The van der Waals surface area contributed by atoms with Gasteiger partial charge < -0.3 is 9.47 Å². The van der Waals surface area contributed by atoms with E-state index in [4.69, 9.17) is 9.47 Å². The maximum atomic E-state index is 12.9. The third kappa shape index (κ3) is 2.56. The van der Waals surface area contributed by atoms with Crippen LogP contribution in [-0.2, 0) is 17.2 Å². The summed E-state index contributed by atoms with van der Waals surface area (Å²) in [4.78, 5) is 1.68. The van der Waals surface area contributed by atoms with Crippen LogP contribution in [0.25, 0.3) is 0 Å². The molecule has 0 saturated carbocycles. The molecule has 1 atom stereocenters. The van der Waals surface area contributed by atoms with Crippen molar-refractivity contribution in [3.8, 4) is 11.5 Å². The minimum atomic E-state index is -1.20. The summed E-state index contributed by atoms with van der Waals surface area (Å²) in [6.45, 7) is 5.03. The molecule has 0 bridgehead atoms. The van der Waals surface area contributed by atoms with Crippen LogP contribution >= 0.6 is 0 Å². The standard InChI is InChI=1S/C17H18O3S/c1-3-19-14-10-13-9-12-7-5-6-8-16(12)21(18)17(13)15(11-14)20-4-2/h5-8,10-11H,3-4,9H2,1-2H3. The molecule has 0 amide bonds. The fourth-order valence-electron chi connectivity index (χ4n) is 2.63. The molecular weight excluding hydrogens is 284 g/mol. The predicted molar refractivity (Wildman–Crippen MR) is 82.7 cm³/mol. The van der Waals surface area contributed by atoms with E-state index in [1.165, 1.54) is 0 Å². The van der Waals surface area contributed by atoms with Crippen LogP contribution in [0.2, 0.25) is 0 Å². The number of benzene rings is 2. The van der Waals surface area contributed by atoms with Crippen molar-refractivity contribution in [3.63, 3.8) is 0 Å². The number of hydrogen-bond acceptors (Lipinski definition) is 3. The van der Waals surface area contributed by atoms with Crippen LogP contribution in [0.4, 0.5) is 0 Å². The third-order valence-corrected chi connectivity index (χ3v) is 5.09. The maximum absolute atomic E-state index is 12.9. The largest absolute Gasteiger partial charge is 0.494 e. The summed E-state index contributed by atoms with van der Waals surface area (Å²) in [7, 11) is -1.20. The Morgan fingerprint density at radius 3 is 2.57 bits per heavy atom. The summed E-state index contributed by atoms with van der Waals surface area (Å²) in [5.41, 5.74) is 2.14. The van der Waals surface area contributed by atoms with Gasteiger partial charge in [-0.05, 0) is 37.1 Å². The van der Waals surface area contributed by atoms with Gasteiger partial charge in [-0.25, -0.2) is 4.21 Å². The average molecular weight is 302 g/mol. The normalized spacial score (nSPS) is 16.0. The van der Waals surface area contributed by atoms with Gasteiger partial charge in [0.15, 0.2) is 0 Å². The SMILES string of the molecule is CCOc1cc2c(c(OCC)c1)S(=O)c1ccccc1C2. The summed E-state index contributed by atoms with van der Waals surface area (Å²) < 4.78 is 24.2. The fourth-order valence-corrected chi connectivity index (χ4v) is 4.10. The topological polar surface area (TPSA) is 35.5 Å². The molecule has 3 nitrogen and oxygen atoms in total. The second-order valence-electron chi connectivity index (χ2n) is 4.83. The molecule has 21 heavy (non-hydrogen) atoms. The van der Waals surface area contributed by atoms with Crippen molar-refractivity contribution in [3.05, 3.63) is 47.5 Å². The summed E-state index contributed by atoms with van der Waals surface area (Å²) >= 11 is 0. The molecule has 3 rings (SSSR count). The highest BCUT2D eigenvalue weighted by molar-refractivity contribution is 7.85. The molecule has 2 aromatic rings. The quantitative estimate of drug-likeness (QED) is 0.739. The van der Waals surface area contributed by atoms with Crippen LogP contribution in [0.5, 0.6) is 11.5 Å². The van der Waals surface area contributed by atoms with E-state index < -0.39 is 10.8 Å². The van der Waals surface area contributed by atoms with Gasteiger partial charge in [0.1, 0.15) is 11.5 Å². The fraction of sp³-hybridized carbons (Fsp3) is 0.294. The lowest BCUT2D eigenvalue weighted by molar-refractivity contribution is 0.316. The van der Waals surface area contributed by atoms with Crippen LogP contribution in [0.3, 0.4) is 0 Å². The first-order valence-corrected chi connectivity index (χ1v) is 8.31. The molecule has 1 heterocycles. The Hall–Kier alpha value is -1.81. The van der Waals surface area contributed by atoms with Crippen LogP contribution < -0.4 is 9.47 Å². The average Bonchev–Trinajstić information content (AvgIpc) is 2.48. The minimum absolute atomic E-state index is 0.543. The van der Waals surface area contributed by atoms with Crippen molar-refractivity contribution in [1.82, 2.24) is 0 Å². The molecule has 4 heteroatoms. The first-order valence-electron chi connectivity index (χ1n) is 7.16. The van der Waals surface area contributed by atoms with Crippen LogP contribution in [0.1, 0.15) is 25.0 Å². The highest BCUT2D eigenvalue weighted by Gasteiger charge is 2.26. The van der Waals surface area contributed by atoms with E-state index in [0.717, 1.165) is 33.1 Å². The highest BCUT2D eigenvalue weighted by atomic mass is 32.2. The Balaban J connectivity index is 2.14. The van der Waals surface area contributed by atoms with Crippen LogP contribution in [0, 0.1) is 0 Å². The zero-order chi connectivity index (χ0) is 14.8. The Labute approximate surface area is 127 Å². The van der Waals surface area contributed by atoms with Crippen molar-refractivity contribution in [1.29, 1.82) is 0 Å². The molecule has 0 saturated heterocycles. The zero-order valence-electron chi connectivity index (χ0n) is 12.2. The maximum Gasteiger partial charge on any atom is 0.139 e.